The van der Waals surface area contributed by atoms with Gasteiger partial charge in [-0.15, -0.1) is 0 Å². The summed E-state index contributed by atoms with van der Waals surface area (Å²) in [5, 5.41) is 10.9. The topological polar surface area (TPSA) is 99.3 Å². The van der Waals surface area contributed by atoms with Crippen molar-refractivity contribution in [2.75, 3.05) is 5.32 Å². The lowest BCUT2D eigenvalue weighted by Crippen LogP contribution is -2.20. The number of carboxylic acids is 1. The van der Waals surface area contributed by atoms with E-state index in [0.717, 1.165) is 0 Å². The zero-order valence-electron chi connectivity index (χ0n) is 7.33. The number of H-pyrrole nitrogens is 1. The SMILES string of the molecule is CC(=O)Nc1c(C(=O)O)cc[nH]c1=O. The second-order valence-electron chi connectivity index (χ2n) is 2.58. The van der Waals surface area contributed by atoms with Crippen LogP contribution in [0.4, 0.5) is 5.69 Å². The Kier molecular flexibility index (Phi) is 2.66. The van der Waals surface area contributed by atoms with E-state index in [9.17, 15) is 14.4 Å². The molecule has 6 heteroatoms. The molecule has 1 aromatic rings. The average molecular weight is 196 g/mol. The van der Waals surface area contributed by atoms with Gasteiger partial charge in [0.25, 0.3) is 5.56 Å². The summed E-state index contributed by atoms with van der Waals surface area (Å²) < 4.78 is 0. The van der Waals surface area contributed by atoms with Crippen LogP contribution in [0.1, 0.15) is 17.3 Å². The number of carbonyl (C=O) groups is 2. The number of anilines is 1. The molecule has 0 fully saturated rings. The Balaban J connectivity index is 3.29. The van der Waals surface area contributed by atoms with E-state index in [1.807, 2.05) is 0 Å². The van der Waals surface area contributed by atoms with Gasteiger partial charge in [-0.3, -0.25) is 9.59 Å². The van der Waals surface area contributed by atoms with Crippen molar-refractivity contribution < 1.29 is 14.7 Å². The van der Waals surface area contributed by atoms with Gasteiger partial charge in [-0.25, -0.2) is 4.79 Å². The summed E-state index contributed by atoms with van der Waals surface area (Å²) in [6.45, 7) is 1.19. The van der Waals surface area contributed by atoms with Crippen LogP contribution < -0.4 is 10.9 Å². The Morgan fingerprint density at radius 3 is 2.64 bits per heavy atom. The highest BCUT2D eigenvalue weighted by Gasteiger charge is 2.13. The van der Waals surface area contributed by atoms with E-state index >= 15 is 0 Å². The van der Waals surface area contributed by atoms with Crippen molar-refractivity contribution >= 4 is 17.6 Å². The highest BCUT2D eigenvalue weighted by Crippen LogP contribution is 2.07. The molecule has 0 aliphatic carbocycles. The first-order valence-corrected chi connectivity index (χ1v) is 3.75. The number of carboxylic acid groups (broad SMARTS) is 1. The number of nitrogens with one attached hydrogen (secondary N) is 2. The molecule has 14 heavy (non-hydrogen) atoms. The number of amides is 1. The van der Waals surface area contributed by atoms with Gasteiger partial charge in [-0.2, -0.15) is 0 Å². The number of hydrogen-bond donors (Lipinski definition) is 3. The molecule has 0 spiro atoms. The van der Waals surface area contributed by atoms with E-state index in [4.69, 9.17) is 5.11 Å². The van der Waals surface area contributed by atoms with Gasteiger partial charge >= 0.3 is 5.97 Å². The first-order valence-electron chi connectivity index (χ1n) is 3.75. The van der Waals surface area contributed by atoms with E-state index in [1.165, 1.54) is 19.2 Å². The van der Waals surface area contributed by atoms with Crippen LogP contribution in [0, 0.1) is 0 Å². The Labute approximate surface area is 78.6 Å². The van der Waals surface area contributed by atoms with Crippen molar-refractivity contribution in [3.05, 3.63) is 28.2 Å². The predicted octanol–water partition coefficient (Wildman–Crippen LogP) is 0.0315. The molecule has 0 bridgehead atoms. The van der Waals surface area contributed by atoms with Crippen LogP contribution in [0.2, 0.25) is 0 Å². The fourth-order valence-electron chi connectivity index (χ4n) is 0.957. The smallest absolute Gasteiger partial charge is 0.338 e. The maximum Gasteiger partial charge on any atom is 0.338 e. The Morgan fingerprint density at radius 2 is 2.14 bits per heavy atom. The van der Waals surface area contributed by atoms with Crippen molar-refractivity contribution in [3.8, 4) is 0 Å². The Morgan fingerprint density at radius 1 is 1.50 bits per heavy atom. The summed E-state index contributed by atoms with van der Waals surface area (Å²) >= 11 is 0. The zero-order valence-corrected chi connectivity index (χ0v) is 7.33. The van der Waals surface area contributed by atoms with Gasteiger partial charge in [0.05, 0.1) is 5.56 Å². The van der Waals surface area contributed by atoms with Crippen LogP contribution in [0.3, 0.4) is 0 Å². The van der Waals surface area contributed by atoms with E-state index in [1.54, 1.807) is 0 Å². The average Bonchev–Trinajstić information content (AvgIpc) is 2.07. The van der Waals surface area contributed by atoms with Gasteiger partial charge in [0.15, 0.2) is 0 Å². The van der Waals surface area contributed by atoms with E-state index in [2.05, 4.69) is 10.3 Å². The monoisotopic (exact) mass is 196 g/mol. The molecular formula is C8H8N2O4. The fourth-order valence-corrected chi connectivity index (χ4v) is 0.957. The second kappa shape index (κ2) is 3.73. The minimum atomic E-state index is -1.26. The van der Waals surface area contributed by atoms with Crippen molar-refractivity contribution in [2.24, 2.45) is 0 Å². The van der Waals surface area contributed by atoms with Crippen LogP contribution in [0.25, 0.3) is 0 Å². The van der Waals surface area contributed by atoms with E-state index in [0.29, 0.717) is 0 Å². The minimum absolute atomic E-state index is 0.232. The summed E-state index contributed by atoms with van der Waals surface area (Å²) in [7, 11) is 0. The maximum atomic E-state index is 11.1. The first kappa shape index (κ1) is 9.97. The molecule has 0 aliphatic heterocycles. The zero-order chi connectivity index (χ0) is 10.7. The van der Waals surface area contributed by atoms with Gasteiger partial charge in [-0.1, -0.05) is 0 Å². The van der Waals surface area contributed by atoms with Gasteiger partial charge in [0, 0.05) is 13.1 Å². The Hall–Kier alpha value is -2.11. The van der Waals surface area contributed by atoms with E-state index in [-0.39, 0.29) is 11.3 Å². The first-order chi connectivity index (χ1) is 6.52. The van der Waals surface area contributed by atoms with Crippen LogP contribution >= 0.6 is 0 Å². The lowest BCUT2D eigenvalue weighted by atomic mass is 10.2. The molecule has 0 saturated heterocycles. The molecule has 0 unspecified atom stereocenters. The van der Waals surface area contributed by atoms with Gasteiger partial charge in [-0.05, 0) is 6.07 Å². The largest absolute Gasteiger partial charge is 0.478 e. The molecular weight excluding hydrogens is 188 g/mol. The predicted molar refractivity (Wildman–Crippen MR) is 48.3 cm³/mol. The summed E-state index contributed by atoms with van der Waals surface area (Å²) in [5.74, 6) is -1.76. The lowest BCUT2D eigenvalue weighted by Gasteiger charge is -2.03. The van der Waals surface area contributed by atoms with Crippen molar-refractivity contribution in [2.45, 2.75) is 6.92 Å². The lowest BCUT2D eigenvalue weighted by molar-refractivity contribution is -0.114. The number of hydrogen-bond acceptors (Lipinski definition) is 3. The third-order valence-electron chi connectivity index (χ3n) is 1.49. The van der Waals surface area contributed by atoms with Crippen molar-refractivity contribution in [3.63, 3.8) is 0 Å². The molecule has 0 saturated carbocycles. The molecule has 0 aromatic carbocycles. The van der Waals surface area contributed by atoms with Gasteiger partial charge in [0.1, 0.15) is 5.69 Å². The number of carbonyl (C=O) groups excluding carboxylic acids is 1. The molecule has 1 heterocycles. The van der Waals surface area contributed by atoms with Crippen molar-refractivity contribution in [1.82, 2.24) is 4.98 Å². The molecule has 0 atom stereocenters. The highest BCUT2D eigenvalue weighted by molar-refractivity contribution is 5.99. The molecule has 0 aliphatic rings. The van der Waals surface area contributed by atoms with Crippen LogP contribution in [-0.2, 0) is 4.79 Å². The quantitative estimate of drug-likeness (QED) is 0.621. The summed E-state index contributed by atoms with van der Waals surface area (Å²) in [6, 6.07) is 1.20. The van der Waals surface area contributed by atoms with Crippen molar-refractivity contribution in [1.29, 1.82) is 0 Å². The second-order valence-corrected chi connectivity index (χ2v) is 2.58. The number of rotatable bonds is 2. The van der Waals surface area contributed by atoms with Gasteiger partial charge < -0.3 is 15.4 Å². The van der Waals surface area contributed by atoms with Crippen LogP contribution in [0.15, 0.2) is 17.1 Å². The standard InChI is InChI=1S/C8H8N2O4/c1-4(11)10-6-5(8(13)14)2-3-9-7(6)12/h2-3H,1H3,(H,9,12)(H,10,11)(H,13,14). The molecule has 1 aromatic heterocycles. The molecule has 1 amide bonds. The molecule has 0 radical (unpaired) electrons. The van der Waals surface area contributed by atoms with E-state index < -0.39 is 17.4 Å². The number of pyridine rings is 1. The normalized spacial score (nSPS) is 9.50. The maximum absolute atomic E-state index is 11.1. The third kappa shape index (κ3) is 1.98. The summed E-state index contributed by atoms with van der Waals surface area (Å²) in [6.07, 6.45) is 1.21. The van der Waals surface area contributed by atoms with Gasteiger partial charge in [0.2, 0.25) is 5.91 Å². The number of aromatic nitrogens is 1. The third-order valence-corrected chi connectivity index (χ3v) is 1.49. The van der Waals surface area contributed by atoms with Crippen LogP contribution in [0.5, 0.6) is 0 Å². The van der Waals surface area contributed by atoms with Crippen LogP contribution in [-0.4, -0.2) is 22.0 Å². The summed E-state index contributed by atoms with van der Waals surface area (Å²) in [5.41, 5.74) is -1.11. The molecule has 3 N–H and O–H groups in total. The fraction of sp³-hybridized carbons (Fsp3) is 0.125. The molecule has 6 nitrogen and oxygen atoms in total. The highest BCUT2D eigenvalue weighted by atomic mass is 16.4. The minimum Gasteiger partial charge on any atom is -0.478 e. The number of aromatic carboxylic acids is 1. The molecule has 1 rings (SSSR count). The number of aromatic amines is 1. The summed E-state index contributed by atoms with van der Waals surface area (Å²) in [4.78, 5) is 34.7. The Bertz CT molecular complexity index is 435. The molecule has 74 valence electrons.